The monoisotopic (exact) mass is 127 g/mol. The van der Waals surface area contributed by atoms with Crippen LogP contribution >= 0.6 is 0 Å². The van der Waals surface area contributed by atoms with Gasteiger partial charge in [-0.1, -0.05) is 0 Å². The first-order valence-electron chi connectivity index (χ1n) is 2.55. The number of hydrogen-bond acceptors (Lipinski definition) is 1. The largest absolute Gasteiger partial charge is 0.338 e. The summed E-state index contributed by atoms with van der Waals surface area (Å²) in [5, 5.41) is 0. The van der Waals surface area contributed by atoms with Crippen molar-refractivity contribution in [3.05, 3.63) is 34.0 Å². The van der Waals surface area contributed by atoms with Crippen LogP contribution in [0.2, 0.25) is 0 Å². The fraction of sp³-hybridized carbons (Fsp3) is 0.167. The third-order valence-corrected chi connectivity index (χ3v) is 1.07. The summed E-state index contributed by atoms with van der Waals surface area (Å²) in [6.07, 6.45) is 1.34. The summed E-state index contributed by atoms with van der Waals surface area (Å²) >= 11 is 0. The van der Waals surface area contributed by atoms with Gasteiger partial charge in [-0.3, -0.25) is 4.79 Å². The van der Waals surface area contributed by atoms with E-state index in [4.69, 9.17) is 0 Å². The van der Waals surface area contributed by atoms with Crippen molar-refractivity contribution in [2.24, 2.45) is 0 Å². The minimum atomic E-state index is -0.592. The third-order valence-electron chi connectivity index (χ3n) is 1.07. The van der Waals surface area contributed by atoms with Crippen molar-refractivity contribution in [1.29, 1.82) is 0 Å². The van der Waals surface area contributed by atoms with Gasteiger partial charge in [0.1, 0.15) is 0 Å². The average Bonchev–Trinajstić information content (AvgIpc) is 1.80. The number of halogens is 1. The molecule has 0 saturated heterocycles. The predicted octanol–water partition coefficient (Wildman–Crippen LogP) is 0.822. The van der Waals surface area contributed by atoms with E-state index in [1.807, 2.05) is 0 Å². The molecule has 1 N–H and O–H groups in total. The van der Waals surface area contributed by atoms with Crippen molar-refractivity contribution in [2.75, 3.05) is 0 Å². The van der Waals surface area contributed by atoms with Gasteiger partial charge >= 0.3 is 0 Å². The molecule has 0 aromatic carbocycles. The van der Waals surface area contributed by atoms with Gasteiger partial charge < -0.3 is 4.98 Å². The molecule has 48 valence electrons. The van der Waals surface area contributed by atoms with Gasteiger partial charge in [0, 0.05) is 17.8 Å². The second-order valence-electron chi connectivity index (χ2n) is 1.83. The number of nitrogens with one attached hydrogen (secondary N) is 1. The van der Waals surface area contributed by atoms with Crippen molar-refractivity contribution in [2.45, 2.75) is 6.92 Å². The molecule has 0 unspecified atom stereocenters. The van der Waals surface area contributed by atoms with Crippen LogP contribution in [0, 0.1) is 12.9 Å². The van der Waals surface area contributed by atoms with E-state index in [-0.39, 0.29) is 5.43 Å². The number of H-pyrrole nitrogens is 1. The van der Waals surface area contributed by atoms with Gasteiger partial charge in [0.05, 0.1) is 0 Å². The summed E-state index contributed by atoms with van der Waals surface area (Å²) in [6.45, 7) is 1.62. The molecule has 0 saturated carbocycles. The molecule has 1 aromatic rings. The summed E-state index contributed by atoms with van der Waals surface area (Å²) in [5.74, 6) is -0.592. The quantitative estimate of drug-likeness (QED) is 0.514. The zero-order chi connectivity index (χ0) is 6.85. The van der Waals surface area contributed by atoms with Crippen LogP contribution in [0.1, 0.15) is 5.56 Å². The summed E-state index contributed by atoms with van der Waals surface area (Å²) < 4.78 is 12.1. The summed E-state index contributed by atoms with van der Waals surface area (Å²) in [4.78, 5) is 12.9. The molecule has 0 amide bonds. The Labute approximate surface area is 51.3 Å². The van der Waals surface area contributed by atoms with Crippen molar-refractivity contribution in [3.63, 3.8) is 0 Å². The zero-order valence-electron chi connectivity index (χ0n) is 4.94. The second-order valence-corrected chi connectivity index (χ2v) is 1.83. The lowest BCUT2D eigenvalue weighted by atomic mass is 10.3. The molecule has 1 rings (SSSR count). The first kappa shape index (κ1) is 6.01. The molecule has 1 aromatic heterocycles. The molecule has 9 heavy (non-hydrogen) atoms. The first-order chi connectivity index (χ1) is 4.20. The lowest BCUT2D eigenvalue weighted by Gasteiger charge is -1.88. The predicted molar refractivity (Wildman–Crippen MR) is 31.8 cm³/mol. The summed E-state index contributed by atoms with van der Waals surface area (Å²) in [5.41, 5.74) is 0.252. The molecule has 0 aliphatic carbocycles. The fourth-order valence-electron chi connectivity index (χ4n) is 0.519. The normalized spacial score (nSPS) is 9.56. The van der Waals surface area contributed by atoms with E-state index in [1.54, 1.807) is 6.92 Å². The minimum Gasteiger partial charge on any atom is -0.338 e. The molecule has 0 spiro atoms. The Bertz CT molecular complexity index is 266. The van der Waals surface area contributed by atoms with Crippen LogP contribution in [0.5, 0.6) is 0 Å². The van der Waals surface area contributed by atoms with E-state index < -0.39 is 5.95 Å². The van der Waals surface area contributed by atoms with Crippen LogP contribution in [-0.4, -0.2) is 4.98 Å². The highest BCUT2D eigenvalue weighted by Gasteiger charge is 1.92. The van der Waals surface area contributed by atoms with E-state index in [2.05, 4.69) is 4.98 Å². The molecule has 0 aliphatic rings. The Morgan fingerprint density at radius 3 is 2.78 bits per heavy atom. The van der Waals surface area contributed by atoms with Gasteiger partial charge in [-0.05, 0) is 6.92 Å². The van der Waals surface area contributed by atoms with Crippen molar-refractivity contribution < 1.29 is 4.39 Å². The molecule has 3 heteroatoms. The molecule has 0 fully saturated rings. The molecular formula is C6H6FNO. The average molecular weight is 127 g/mol. The zero-order valence-corrected chi connectivity index (χ0v) is 4.94. The van der Waals surface area contributed by atoms with Gasteiger partial charge in [0.25, 0.3) is 0 Å². The number of pyridine rings is 1. The molecule has 1 heterocycles. The molecular weight excluding hydrogens is 121 g/mol. The van der Waals surface area contributed by atoms with Crippen molar-refractivity contribution in [1.82, 2.24) is 4.98 Å². The summed E-state index contributed by atoms with van der Waals surface area (Å²) in [6, 6.07) is 0.926. The highest BCUT2D eigenvalue weighted by molar-refractivity contribution is 5.06. The van der Waals surface area contributed by atoms with E-state index in [0.717, 1.165) is 6.07 Å². The Morgan fingerprint density at radius 1 is 1.67 bits per heavy atom. The van der Waals surface area contributed by atoms with Crippen LogP contribution in [0.4, 0.5) is 4.39 Å². The lowest BCUT2D eigenvalue weighted by molar-refractivity contribution is 0.581. The van der Waals surface area contributed by atoms with Crippen LogP contribution in [0.3, 0.4) is 0 Å². The molecule has 0 aliphatic heterocycles. The van der Waals surface area contributed by atoms with Gasteiger partial charge in [0.15, 0.2) is 11.4 Å². The van der Waals surface area contributed by atoms with E-state index in [0.29, 0.717) is 5.56 Å². The Balaban J connectivity index is 3.34. The third kappa shape index (κ3) is 1.16. The van der Waals surface area contributed by atoms with Crippen LogP contribution in [0.25, 0.3) is 0 Å². The molecule has 0 bridgehead atoms. The highest BCUT2D eigenvalue weighted by atomic mass is 19.1. The summed E-state index contributed by atoms with van der Waals surface area (Å²) in [7, 11) is 0. The number of aromatic amines is 1. The lowest BCUT2D eigenvalue weighted by Crippen LogP contribution is -2.04. The van der Waals surface area contributed by atoms with E-state index in [1.165, 1.54) is 6.20 Å². The molecule has 0 atom stereocenters. The van der Waals surface area contributed by atoms with E-state index >= 15 is 0 Å². The Morgan fingerprint density at radius 2 is 2.33 bits per heavy atom. The van der Waals surface area contributed by atoms with Crippen LogP contribution in [-0.2, 0) is 0 Å². The van der Waals surface area contributed by atoms with Gasteiger partial charge in [-0.15, -0.1) is 0 Å². The Hall–Kier alpha value is -1.12. The van der Waals surface area contributed by atoms with Crippen LogP contribution < -0.4 is 5.43 Å². The number of aryl methyl sites for hydroxylation is 1. The van der Waals surface area contributed by atoms with Gasteiger partial charge in [-0.25, -0.2) is 0 Å². The maximum Gasteiger partial charge on any atom is 0.194 e. The second kappa shape index (κ2) is 2.01. The minimum absolute atomic E-state index is 0.272. The smallest absolute Gasteiger partial charge is 0.194 e. The fourth-order valence-corrected chi connectivity index (χ4v) is 0.519. The van der Waals surface area contributed by atoms with Crippen LogP contribution in [0.15, 0.2) is 17.1 Å². The van der Waals surface area contributed by atoms with Crippen molar-refractivity contribution >= 4 is 0 Å². The molecule has 0 radical (unpaired) electrons. The van der Waals surface area contributed by atoms with Crippen molar-refractivity contribution in [3.8, 4) is 0 Å². The Kier molecular flexibility index (Phi) is 1.34. The molecule has 2 nitrogen and oxygen atoms in total. The number of aromatic nitrogens is 1. The van der Waals surface area contributed by atoms with Gasteiger partial charge in [-0.2, -0.15) is 4.39 Å². The maximum absolute atomic E-state index is 12.1. The standard InChI is InChI=1S/C6H6FNO/c1-4-3-8-6(7)2-5(4)9/h2-3H,1H3,(H,8,9). The highest BCUT2D eigenvalue weighted by Crippen LogP contribution is 1.87. The number of hydrogen-bond donors (Lipinski definition) is 1. The first-order valence-corrected chi connectivity index (χ1v) is 2.55. The SMILES string of the molecule is Cc1c[nH]c(F)cc1=O. The maximum atomic E-state index is 12.1. The topological polar surface area (TPSA) is 32.9 Å². The van der Waals surface area contributed by atoms with E-state index in [9.17, 15) is 9.18 Å². The number of rotatable bonds is 0. The van der Waals surface area contributed by atoms with Gasteiger partial charge in [0.2, 0.25) is 0 Å².